The van der Waals surface area contributed by atoms with Gasteiger partial charge in [-0.2, -0.15) is 0 Å². The Morgan fingerprint density at radius 3 is 2.06 bits per heavy atom. The number of urea groups is 1. The molecule has 0 atom stereocenters. The van der Waals surface area contributed by atoms with Crippen molar-refractivity contribution in [2.45, 2.75) is 53.5 Å². The Labute approximate surface area is 109 Å². The monoisotopic (exact) mass is 258 g/mol. The quantitative estimate of drug-likeness (QED) is 0.683. The van der Waals surface area contributed by atoms with Gasteiger partial charge in [-0.15, -0.1) is 0 Å². The van der Waals surface area contributed by atoms with Crippen molar-refractivity contribution in [3.63, 3.8) is 0 Å². The van der Waals surface area contributed by atoms with Crippen LogP contribution in [0.3, 0.4) is 0 Å². The van der Waals surface area contributed by atoms with E-state index in [0.29, 0.717) is 12.5 Å². The van der Waals surface area contributed by atoms with Crippen molar-refractivity contribution in [1.82, 2.24) is 10.6 Å². The van der Waals surface area contributed by atoms with Crippen LogP contribution in [0.2, 0.25) is 0 Å². The lowest BCUT2D eigenvalue weighted by atomic mass is 9.81. The molecule has 0 aromatic carbocycles. The van der Waals surface area contributed by atoms with Crippen molar-refractivity contribution >= 4 is 12.0 Å². The first-order valence-electron chi connectivity index (χ1n) is 6.24. The van der Waals surface area contributed by atoms with Crippen molar-refractivity contribution in [3.8, 4) is 0 Å². The smallest absolute Gasteiger partial charge is 0.315 e. The van der Waals surface area contributed by atoms with Gasteiger partial charge < -0.3 is 15.7 Å². The second-order valence-corrected chi connectivity index (χ2v) is 6.41. The van der Waals surface area contributed by atoms with Crippen LogP contribution in [0, 0.1) is 11.3 Å². The number of hydrogen-bond acceptors (Lipinski definition) is 2. The molecule has 0 heterocycles. The van der Waals surface area contributed by atoms with E-state index in [-0.39, 0.29) is 17.9 Å². The molecule has 0 aromatic heterocycles. The summed E-state index contributed by atoms with van der Waals surface area (Å²) in [6, 6.07) is -0.324. The number of carboxylic acids is 1. The molecule has 2 amide bonds. The zero-order chi connectivity index (χ0) is 14.6. The number of carbonyl (C=O) groups is 2. The van der Waals surface area contributed by atoms with E-state index in [4.69, 9.17) is 5.11 Å². The predicted molar refractivity (Wildman–Crippen MR) is 71.5 cm³/mol. The van der Waals surface area contributed by atoms with E-state index in [0.717, 1.165) is 0 Å². The zero-order valence-electron chi connectivity index (χ0n) is 12.3. The summed E-state index contributed by atoms with van der Waals surface area (Å²) in [5.74, 6) is -0.479. The van der Waals surface area contributed by atoms with Crippen LogP contribution in [0.15, 0.2) is 0 Å². The summed E-state index contributed by atoms with van der Waals surface area (Å²) in [5, 5.41) is 14.2. The largest absolute Gasteiger partial charge is 0.481 e. The van der Waals surface area contributed by atoms with E-state index >= 15 is 0 Å². The van der Waals surface area contributed by atoms with Crippen LogP contribution < -0.4 is 10.6 Å². The minimum Gasteiger partial charge on any atom is -0.481 e. The van der Waals surface area contributed by atoms with Crippen molar-refractivity contribution in [2.24, 2.45) is 11.3 Å². The third-order valence-corrected chi connectivity index (χ3v) is 3.31. The maximum atomic E-state index is 11.7. The molecule has 0 aliphatic rings. The molecule has 0 fully saturated rings. The average Bonchev–Trinajstić information content (AvgIpc) is 2.11. The maximum absolute atomic E-state index is 11.7. The zero-order valence-corrected chi connectivity index (χ0v) is 12.3. The van der Waals surface area contributed by atoms with Crippen LogP contribution in [-0.2, 0) is 4.79 Å². The van der Waals surface area contributed by atoms with Crippen molar-refractivity contribution < 1.29 is 14.7 Å². The molecule has 0 aliphatic carbocycles. The minimum absolute atomic E-state index is 0.00822. The van der Waals surface area contributed by atoms with Gasteiger partial charge in [0.15, 0.2) is 0 Å². The second-order valence-electron chi connectivity index (χ2n) is 6.41. The van der Waals surface area contributed by atoms with Crippen LogP contribution in [0.1, 0.15) is 48.0 Å². The third kappa shape index (κ3) is 6.47. The molecule has 0 rings (SSSR count). The summed E-state index contributed by atoms with van der Waals surface area (Å²) in [6.07, 6.45) is -0.103. The summed E-state index contributed by atoms with van der Waals surface area (Å²) in [6.45, 7) is 12.3. The van der Waals surface area contributed by atoms with Gasteiger partial charge in [0.2, 0.25) is 0 Å². The fourth-order valence-electron chi connectivity index (χ4n) is 1.29. The van der Waals surface area contributed by atoms with Crippen molar-refractivity contribution in [1.29, 1.82) is 0 Å². The molecular formula is C13H26N2O3. The molecule has 5 nitrogen and oxygen atoms in total. The van der Waals surface area contributed by atoms with Gasteiger partial charge in [-0.05, 0) is 25.2 Å². The number of amides is 2. The average molecular weight is 258 g/mol. The van der Waals surface area contributed by atoms with Gasteiger partial charge in [-0.25, -0.2) is 4.79 Å². The molecule has 0 saturated heterocycles. The van der Waals surface area contributed by atoms with E-state index in [1.807, 2.05) is 0 Å². The normalized spacial score (nSPS) is 12.4. The maximum Gasteiger partial charge on any atom is 0.315 e. The minimum atomic E-state index is -0.928. The Balaban J connectivity index is 4.24. The number of carboxylic acid groups (broad SMARTS) is 1. The lowest BCUT2D eigenvalue weighted by Crippen LogP contribution is -2.51. The summed E-state index contributed by atoms with van der Waals surface area (Å²) < 4.78 is 0. The Bertz CT molecular complexity index is 309. The van der Waals surface area contributed by atoms with Crippen LogP contribution in [0.4, 0.5) is 4.79 Å². The van der Waals surface area contributed by atoms with Crippen LogP contribution in [0.25, 0.3) is 0 Å². The molecular weight excluding hydrogens is 232 g/mol. The Morgan fingerprint density at radius 2 is 1.67 bits per heavy atom. The van der Waals surface area contributed by atoms with E-state index in [9.17, 15) is 9.59 Å². The molecule has 3 N–H and O–H groups in total. The first-order valence-corrected chi connectivity index (χ1v) is 6.24. The SMILES string of the molecule is CC(C)C(C)(C)CNC(=O)NC(C)(C)CC(=O)O. The highest BCUT2D eigenvalue weighted by atomic mass is 16.4. The first kappa shape index (κ1) is 16.7. The van der Waals surface area contributed by atoms with Crippen LogP contribution in [-0.4, -0.2) is 29.2 Å². The molecule has 106 valence electrons. The molecule has 0 aromatic rings. The highest BCUT2D eigenvalue weighted by molar-refractivity contribution is 5.76. The van der Waals surface area contributed by atoms with Gasteiger partial charge in [0.25, 0.3) is 0 Å². The fraction of sp³-hybridized carbons (Fsp3) is 0.846. The van der Waals surface area contributed by atoms with Gasteiger partial charge in [-0.3, -0.25) is 4.79 Å². The van der Waals surface area contributed by atoms with Crippen LogP contribution >= 0.6 is 0 Å². The molecule has 0 bridgehead atoms. The molecule has 0 radical (unpaired) electrons. The molecule has 0 saturated carbocycles. The number of rotatable bonds is 6. The van der Waals surface area contributed by atoms with E-state index in [1.165, 1.54) is 0 Å². The van der Waals surface area contributed by atoms with E-state index in [2.05, 4.69) is 38.3 Å². The van der Waals surface area contributed by atoms with E-state index < -0.39 is 11.5 Å². The Kier molecular flexibility index (Phi) is 5.64. The highest BCUT2D eigenvalue weighted by Crippen LogP contribution is 2.24. The number of carbonyl (C=O) groups excluding carboxylic acids is 1. The van der Waals surface area contributed by atoms with Gasteiger partial charge in [0, 0.05) is 12.1 Å². The van der Waals surface area contributed by atoms with Gasteiger partial charge >= 0.3 is 12.0 Å². The predicted octanol–water partition coefficient (Wildman–Crippen LogP) is 2.22. The Morgan fingerprint density at radius 1 is 1.17 bits per heavy atom. The number of nitrogens with one attached hydrogen (secondary N) is 2. The van der Waals surface area contributed by atoms with Gasteiger partial charge in [0.05, 0.1) is 6.42 Å². The fourth-order valence-corrected chi connectivity index (χ4v) is 1.29. The third-order valence-electron chi connectivity index (χ3n) is 3.31. The lowest BCUT2D eigenvalue weighted by molar-refractivity contribution is -0.138. The number of hydrogen-bond donors (Lipinski definition) is 3. The number of aliphatic carboxylic acids is 1. The molecule has 5 heteroatoms. The summed E-state index contributed by atoms with van der Waals surface area (Å²) in [5.41, 5.74) is -0.744. The molecule has 0 unspecified atom stereocenters. The Hall–Kier alpha value is -1.26. The van der Waals surface area contributed by atoms with Gasteiger partial charge in [-0.1, -0.05) is 27.7 Å². The lowest BCUT2D eigenvalue weighted by Gasteiger charge is -2.31. The van der Waals surface area contributed by atoms with Crippen molar-refractivity contribution in [3.05, 3.63) is 0 Å². The molecule has 0 aliphatic heterocycles. The summed E-state index contributed by atoms with van der Waals surface area (Å²) in [4.78, 5) is 22.3. The highest BCUT2D eigenvalue weighted by Gasteiger charge is 2.26. The molecule has 0 spiro atoms. The summed E-state index contributed by atoms with van der Waals surface area (Å²) in [7, 11) is 0. The topological polar surface area (TPSA) is 78.4 Å². The standard InChI is InChI=1S/C13H26N2O3/c1-9(2)12(3,4)8-14-11(18)15-13(5,6)7-10(16)17/h9H,7-8H2,1-6H3,(H,16,17)(H2,14,15,18). The van der Waals surface area contributed by atoms with Crippen molar-refractivity contribution in [2.75, 3.05) is 6.54 Å². The van der Waals surface area contributed by atoms with Crippen LogP contribution in [0.5, 0.6) is 0 Å². The summed E-state index contributed by atoms with van der Waals surface area (Å²) >= 11 is 0. The van der Waals surface area contributed by atoms with Gasteiger partial charge in [0.1, 0.15) is 0 Å². The second kappa shape index (κ2) is 6.07. The molecule has 18 heavy (non-hydrogen) atoms. The van der Waals surface area contributed by atoms with E-state index in [1.54, 1.807) is 13.8 Å². The first-order chi connectivity index (χ1) is 7.96.